The maximum Gasteiger partial charge on any atom is -1.00 e. The molecule has 0 saturated carbocycles. The summed E-state index contributed by atoms with van der Waals surface area (Å²) in [5.74, 6) is 1.29. The fraction of sp³-hybridized carbons (Fsp3) is 0.143. The number of hydrogen-bond donors (Lipinski definition) is 0. The summed E-state index contributed by atoms with van der Waals surface area (Å²) < 4.78 is 9.97. The Morgan fingerprint density at radius 1 is 0.619 bits per heavy atom. The Labute approximate surface area is 146 Å². The minimum Gasteiger partial charge on any atom is -1.00 e. The smallest absolute Gasteiger partial charge is 1.00 e. The van der Waals surface area contributed by atoms with Gasteiger partial charge in [-0.1, -0.05) is 0 Å². The van der Waals surface area contributed by atoms with E-state index in [4.69, 9.17) is 16.7 Å². The molecule has 4 nitrogen and oxygen atoms in total. The Balaban J connectivity index is 0.00000200. The second-order valence-corrected chi connectivity index (χ2v) is 4.82. The van der Waals surface area contributed by atoms with Gasteiger partial charge in [-0.25, -0.2) is 0 Å². The second-order valence-electron chi connectivity index (χ2n) is 4.04. The first kappa shape index (κ1) is 20.3. The van der Waals surface area contributed by atoms with Crippen LogP contribution in [0.15, 0.2) is 48.5 Å². The quantitative estimate of drug-likeness (QED) is 0.247. The van der Waals surface area contributed by atoms with E-state index in [0.29, 0.717) is 11.5 Å². The molecule has 0 amide bonds. The Bertz CT molecular complexity index is 458. The first-order chi connectivity index (χ1) is 9.24. The average Bonchev–Trinajstić information content (AvgIpc) is 2.43. The summed E-state index contributed by atoms with van der Waals surface area (Å²) in [4.78, 5) is 10.1. The molecule has 0 saturated heterocycles. The van der Waals surface area contributed by atoms with Gasteiger partial charge < -0.3 is 24.8 Å². The number of hydrogen-bond acceptors (Lipinski definition) is 4. The van der Waals surface area contributed by atoms with Crippen LogP contribution in [0.3, 0.4) is 0 Å². The molecule has 7 heteroatoms. The SMILES string of the molecule is Cc1ccc(O[O][Ti+2][O]Oc2ccc(C)cc2)cc1.[Cl-].[Cl-]. The zero-order valence-electron chi connectivity index (χ0n) is 11.5. The van der Waals surface area contributed by atoms with Crippen molar-refractivity contribution in [2.24, 2.45) is 0 Å². The zero-order valence-corrected chi connectivity index (χ0v) is 14.6. The summed E-state index contributed by atoms with van der Waals surface area (Å²) in [5.41, 5.74) is 2.34. The van der Waals surface area contributed by atoms with Crippen LogP contribution in [0.2, 0.25) is 0 Å². The van der Waals surface area contributed by atoms with Gasteiger partial charge in [0.15, 0.2) is 0 Å². The molecule has 2 aromatic rings. The third-order valence-electron chi connectivity index (χ3n) is 2.39. The molecular formula is C14H14Cl2O4Ti. The minimum atomic E-state index is -1.22. The summed E-state index contributed by atoms with van der Waals surface area (Å²) >= 11 is -1.22. The number of halogens is 2. The number of rotatable bonds is 6. The average molecular weight is 365 g/mol. The Kier molecular flexibility index (Phi) is 10.5. The van der Waals surface area contributed by atoms with Crippen molar-refractivity contribution in [3.63, 3.8) is 0 Å². The van der Waals surface area contributed by atoms with Gasteiger partial charge in [0, 0.05) is 0 Å². The Hall–Kier alpha value is -0.746. The minimum absolute atomic E-state index is 0. The third-order valence-corrected chi connectivity index (χ3v) is 2.86. The molecule has 0 atom stereocenters. The van der Waals surface area contributed by atoms with Crippen LogP contribution in [0.4, 0.5) is 0 Å². The van der Waals surface area contributed by atoms with Crippen LogP contribution in [0.25, 0.3) is 0 Å². The van der Waals surface area contributed by atoms with E-state index in [1.54, 1.807) is 0 Å². The normalized spacial score (nSPS) is 8.86. The Morgan fingerprint density at radius 3 is 1.29 bits per heavy atom. The van der Waals surface area contributed by atoms with Gasteiger partial charge in [0.1, 0.15) is 0 Å². The summed E-state index contributed by atoms with van der Waals surface area (Å²) in [5, 5.41) is 0. The van der Waals surface area contributed by atoms with Crippen LogP contribution < -0.4 is 34.6 Å². The molecule has 0 heterocycles. The van der Waals surface area contributed by atoms with Crippen molar-refractivity contribution in [1.29, 1.82) is 0 Å². The molecule has 0 N–H and O–H groups in total. The fourth-order valence-corrected chi connectivity index (χ4v) is 1.78. The first-order valence-electron chi connectivity index (χ1n) is 5.79. The molecule has 0 fully saturated rings. The van der Waals surface area contributed by atoms with E-state index in [1.807, 2.05) is 62.4 Å². The third kappa shape index (κ3) is 7.72. The predicted molar refractivity (Wildman–Crippen MR) is 65.8 cm³/mol. The van der Waals surface area contributed by atoms with E-state index in [1.165, 1.54) is 11.1 Å². The summed E-state index contributed by atoms with van der Waals surface area (Å²) in [7, 11) is 0. The van der Waals surface area contributed by atoms with Crippen molar-refractivity contribution in [2.45, 2.75) is 13.8 Å². The fourth-order valence-electron chi connectivity index (χ4n) is 1.33. The molecule has 21 heavy (non-hydrogen) atoms. The van der Waals surface area contributed by atoms with E-state index in [9.17, 15) is 0 Å². The molecule has 0 radical (unpaired) electrons. The molecule has 0 aliphatic rings. The van der Waals surface area contributed by atoms with E-state index in [-0.39, 0.29) is 24.8 Å². The summed E-state index contributed by atoms with van der Waals surface area (Å²) in [6.45, 7) is 4.02. The number of benzene rings is 2. The molecule has 0 aliphatic heterocycles. The molecule has 112 valence electrons. The van der Waals surface area contributed by atoms with Crippen molar-refractivity contribution in [2.75, 3.05) is 0 Å². The molecular weight excluding hydrogens is 351 g/mol. The topological polar surface area (TPSA) is 36.9 Å². The van der Waals surface area contributed by atoms with Gasteiger partial charge in [0.2, 0.25) is 0 Å². The van der Waals surface area contributed by atoms with E-state index in [0.717, 1.165) is 0 Å². The standard InChI is InChI=1S/2C7H8O2.2ClH.Ti/c2*1-6-2-4-7(9-8)5-3-6;;;/h2*2-5,8H,1H3;2*1H;/q;;;;+4/p-4. The Morgan fingerprint density at radius 2 is 0.952 bits per heavy atom. The van der Waals surface area contributed by atoms with Crippen molar-refractivity contribution < 1.29 is 61.5 Å². The van der Waals surface area contributed by atoms with Crippen LogP contribution in [0, 0.1) is 13.8 Å². The van der Waals surface area contributed by atoms with Gasteiger partial charge >= 0.3 is 122 Å². The predicted octanol–water partition coefficient (Wildman–Crippen LogP) is -2.46. The summed E-state index contributed by atoms with van der Waals surface area (Å²) in [6.07, 6.45) is 0. The first-order valence-corrected chi connectivity index (χ1v) is 7.07. The van der Waals surface area contributed by atoms with Gasteiger partial charge in [-0.2, -0.15) is 0 Å². The van der Waals surface area contributed by atoms with Crippen LogP contribution in [0.1, 0.15) is 11.1 Å². The van der Waals surface area contributed by atoms with Crippen molar-refractivity contribution in [3.05, 3.63) is 59.7 Å². The van der Waals surface area contributed by atoms with Gasteiger partial charge in [-0.15, -0.1) is 0 Å². The summed E-state index contributed by atoms with van der Waals surface area (Å²) in [6, 6.07) is 15.1. The van der Waals surface area contributed by atoms with Crippen molar-refractivity contribution in [1.82, 2.24) is 0 Å². The molecule has 0 aliphatic carbocycles. The van der Waals surface area contributed by atoms with Gasteiger partial charge in [-0.3, -0.25) is 0 Å². The molecule has 0 unspecified atom stereocenters. The molecule has 0 spiro atoms. The largest absolute Gasteiger partial charge is 1.00 e. The van der Waals surface area contributed by atoms with Crippen LogP contribution in [-0.4, -0.2) is 0 Å². The van der Waals surface area contributed by atoms with Gasteiger partial charge in [0.25, 0.3) is 0 Å². The van der Waals surface area contributed by atoms with E-state index in [2.05, 4.69) is 0 Å². The van der Waals surface area contributed by atoms with Crippen molar-refractivity contribution >= 4 is 0 Å². The molecule has 2 rings (SSSR count). The number of aryl methyl sites for hydroxylation is 2. The van der Waals surface area contributed by atoms with Gasteiger partial charge in [0.05, 0.1) is 0 Å². The van der Waals surface area contributed by atoms with Crippen LogP contribution >= 0.6 is 0 Å². The second kappa shape index (κ2) is 10.9. The van der Waals surface area contributed by atoms with Crippen LogP contribution in [0.5, 0.6) is 11.5 Å². The zero-order chi connectivity index (χ0) is 13.5. The molecule has 0 bridgehead atoms. The van der Waals surface area contributed by atoms with E-state index >= 15 is 0 Å². The van der Waals surface area contributed by atoms with Gasteiger partial charge in [-0.05, 0) is 0 Å². The maximum absolute atomic E-state index is 5.07. The monoisotopic (exact) mass is 364 g/mol. The maximum atomic E-state index is 5.07. The molecule has 2 aromatic carbocycles. The molecule has 0 aromatic heterocycles. The van der Waals surface area contributed by atoms with E-state index < -0.39 is 19.9 Å². The van der Waals surface area contributed by atoms with Crippen molar-refractivity contribution in [3.8, 4) is 11.5 Å². The van der Waals surface area contributed by atoms with Crippen LogP contribution in [-0.2, 0) is 26.9 Å².